The minimum atomic E-state index is -0.529. The molecule has 1 unspecified atom stereocenters. The van der Waals surface area contributed by atoms with Crippen LogP contribution in [0.3, 0.4) is 0 Å². The third-order valence-corrected chi connectivity index (χ3v) is 8.08. The molecule has 6 rings (SSSR count). The summed E-state index contributed by atoms with van der Waals surface area (Å²) in [6.07, 6.45) is 6.13. The first kappa shape index (κ1) is 29.4. The fraction of sp³-hybridized carbons (Fsp3) is 0.324. The number of aromatic nitrogens is 5. The third kappa shape index (κ3) is 7.10. The summed E-state index contributed by atoms with van der Waals surface area (Å²) < 4.78 is 5.51. The Hall–Kier alpha value is -4.67. The van der Waals surface area contributed by atoms with Crippen molar-refractivity contribution in [3.63, 3.8) is 0 Å². The van der Waals surface area contributed by atoms with Gasteiger partial charge in [0.05, 0.1) is 40.7 Å². The van der Waals surface area contributed by atoms with Crippen LogP contribution in [0.15, 0.2) is 73.2 Å². The average molecular weight is 591 g/mol. The summed E-state index contributed by atoms with van der Waals surface area (Å²) in [4.78, 5) is 36.3. The Labute approximate surface area is 257 Å². The van der Waals surface area contributed by atoms with Crippen LogP contribution in [0.25, 0.3) is 11.0 Å². The van der Waals surface area contributed by atoms with E-state index in [2.05, 4.69) is 48.7 Å². The molecule has 10 heteroatoms. The number of carbonyl (C=O) groups excluding carboxylic acids is 1. The van der Waals surface area contributed by atoms with Crippen LogP contribution in [-0.4, -0.2) is 49.0 Å². The molecule has 3 heterocycles. The van der Waals surface area contributed by atoms with Crippen LogP contribution in [-0.2, 0) is 26.1 Å². The number of hydrogen-bond acceptors (Lipinski definition) is 8. The number of benzene rings is 2. The molecule has 0 saturated carbocycles. The van der Waals surface area contributed by atoms with Crippen molar-refractivity contribution in [2.75, 3.05) is 13.1 Å². The highest BCUT2D eigenvalue weighted by atomic mass is 16.6. The summed E-state index contributed by atoms with van der Waals surface area (Å²) >= 11 is 0. The van der Waals surface area contributed by atoms with E-state index in [0.29, 0.717) is 30.2 Å². The second-order valence-electron chi connectivity index (χ2n) is 11.2. The van der Waals surface area contributed by atoms with E-state index in [-0.39, 0.29) is 6.04 Å². The molecule has 1 atom stereocenters. The monoisotopic (exact) mass is 590 g/mol. The number of imidazole rings is 1. The van der Waals surface area contributed by atoms with Crippen molar-refractivity contribution in [1.82, 2.24) is 40.5 Å². The highest BCUT2D eigenvalue weighted by Gasteiger charge is 2.27. The molecular formula is C34H38N8O2. The Morgan fingerprint density at radius 3 is 2.70 bits per heavy atom. The predicted molar refractivity (Wildman–Crippen MR) is 169 cm³/mol. The van der Waals surface area contributed by atoms with Crippen molar-refractivity contribution >= 4 is 17.1 Å². The van der Waals surface area contributed by atoms with Crippen LogP contribution in [0.4, 0.5) is 4.79 Å². The maximum atomic E-state index is 12.6. The van der Waals surface area contributed by atoms with Gasteiger partial charge in [-0.25, -0.2) is 19.7 Å². The lowest BCUT2D eigenvalue weighted by Gasteiger charge is -2.35. The Balaban J connectivity index is 1.11. The smallest absolute Gasteiger partial charge is 0.406 e. The molecule has 1 aliphatic carbocycles. The molecule has 226 valence electrons. The maximum absolute atomic E-state index is 12.6. The van der Waals surface area contributed by atoms with Crippen LogP contribution in [0.2, 0.25) is 0 Å². The number of pyridine rings is 1. The van der Waals surface area contributed by atoms with Gasteiger partial charge < -0.3 is 20.4 Å². The second-order valence-corrected chi connectivity index (χ2v) is 11.2. The number of aromatic amines is 1. The number of rotatable bonds is 11. The largest absolute Gasteiger partial charge is 0.412 e. The van der Waals surface area contributed by atoms with Gasteiger partial charge in [-0.1, -0.05) is 42.5 Å². The van der Waals surface area contributed by atoms with Gasteiger partial charge in [-0.3, -0.25) is 9.88 Å². The van der Waals surface area contributed by atoms with Gasteiger partial charge in [0.2, 0.25) is 0 Å². The minimum absolute atomic E-state index is 0.240. The molecule has 0 spiro atoms. The van der Waals surface area contributed by atoms with E-state index in [4.69, 9.17) is 14.7 Å². The van der Waals surface area contributed by atoms with Crippen LogP contribution >= 0.6 is 0 Å². The van der Waals surface area contributed by atoms with Gasteiger partial charge in [0, 0.05) is 32.4 Å². The Bertz CT molecular complexity index is 1680. The standard InChI is InChI=1S/C34H38N8O2/c1-23-33(24(2)39-22-38-23)44-34(43)37-19-25-8-5-9-26(18-25)21-42(30-14-6-10-27-11-7-15-36-32(27)30)17-16-35-20-31-40-28-12-3-4-13-29(28)41-31/h3-5,7-9,11-13,15,18,22,30,35H,6,10,14,16-17,19-21H2,1-2H3,(H,37,43)(H,40,41). The van der Waals surface area contributed by atoms with E-state index in [1.165, 1.54) is 23.1 Å². The first-order chi connectivity index (χ1) is 21.5. The van der Waals surface area contributed by atoms with E-state index >= 15 is 0 Å². The van der Waals surface area contributed by atoms with Crippen LogP contribution in [0, 0.1) is 13.8 Å². The fourth-order valence-corrected chi connectivity index (χ4v) is 5.91. The van der Waals surface area contributed by atoms with Crippen molar-refractivity contribution in [2.24, 2.45) is 0 Å². The number of hydrogen-bond donors (Lipinski definition) is 3. The molecule has 0 bridgehead atoms. The van der Waals surface area contributed by atoms with Gasteiger partial charge in [0.1, 0.15) is 12.2 Å². The summed E-state index contributed by atoms with van der Waals surface area (Å²) in [5.74, 6) is 1.33. The zero-order valence-electron chi connectivity index (χ0n) is 25.2. The van der Waals surface area contributed by atoms with Gasteiger partial charge in [0.25, 0.3) is 0 Å². The molecule has 0 aliphatic heterocycles. The third-order valence-electron chi connectivity index (χ3n) is 8.08. The molecule has 3 N–H and O–H groups in total. The molecule has 1 aliphatic rings. The predicted octanol–water partition coefficient (Wildman–Crippen LogP) is 5.32. The van der Waals surface area contributed by atoms with Crippen LogP contribution in [0.1, 0.15) is 58.5 Å². The molecule has 1 amide bonds. The van der Waals surface area contributed by atoms with E-state index in [1.54, 1.807) is 13.8 Å². The zero-order chi connectivity index (χ0) is 30.3. The highest BCUT2D eigenvalue weighted by molar-refractivity contribution is 5.74. The lowest BCUT2D eigenvalue weighted by molar-refractivity contribution is 0.166. The van der Waals surface area contributed by atoms with E-state index in [1.807, 2.05) is 48.7 Å². The molecule has 44 heavy (non-hydrogen) atoms. The van der Waals surface area contributed by atoms with Crippen LogP contribution in [0.5, 0.6) is 5.75 Å². The first-order valence-corrected chi connectivity index (χ1v) is 15.2. The molecular weight excluding hydrogens is 552 g/mol. The Kier molecular flexibility index (Phi) is 9.19. The van der Waals surface area contributed by atoms with E-state index < -0.39 is 6.09 Å². The van der Waals surface area contributed by atoms with Gasteiger partial charge in [-0.2, -0.15) is 0 Å². The summed E-state index contributed by atoms with van der Waals surface area (Å²) in [6, 6.07) is 20.9. The van der Waals surface area contributed by atoms with Crippen molar-refractivity contribution in [2.45, 2.75) is 58.8 Å². The summed E-state index contributed by atoms with van der Waals surface area (Å²) in [6.45, 7) is 7.05. The highest BCUT2D eigenvalue weighted by Crippen LogP contribution is 2.33. The number of carbonyl (C=O) groups is 1. The molecule has 3 aromatic heterocycles. The number of fused-ring (bicyclic) bond motifs is 2. The topological polar surface area (TPSA) is 121 Å². The van der Waals surface area contributed by atoms with Crippen molar-refractivity contribution < 1.29 is 9.53 Å². The molecule has 5 aromatic rings. The molecule has 10 nitrogen and oxygen atoms in total. The fourth-order valence-electron chi connectivity index (χ4n) is 5.91. The summed E-state index contributed by atoms with van der Waals surface area (Å²) in [5.41, 5.74) is 8.00. The maximum Gasteiger partial charge on any atom is 0.412 e. The average Bonchev–Trinajstić information content (AvgIpc) is 3.46. The normalized spacial score (nSPS) is 14.5. The van der Waals surface area contributed by atoms with Gasteiger partial charge in [-0.05, 0) is 68.0 Å². The number of amides is 1. The molecule has 0 fully saturated rings. The SMILES string of the molecule is Cc1ncnc(C)c1OC(=O)NCc1cccc(CN(CCNCc2nc3ccccc3[nH]2)C2CCCc3cccnc32)c1. The van der Waals surface area contributed by atoms with Gasteiger partial charge in [-0.15, -0.1) is 0 Å². The van der Waals surface area contributed by atoms with Crippen molar-refractivity contribution in [3.05, 3.63) is 113 Å². The van der Waals surface area contributed by atoms with Gasteiger partial charge >= 0.3 is 6.09 Å². The van der Waals surface area contributed by atoms with Gasteiger partial charge in [0.15, 0.2) is 5.75 Å². The number of ether oxygens (including phenoxy) is 1. The first-order valence-electron chi connectivity index (χ1n) is 15.2. The number of nitrogens with zero attached hydrogens (tertiary/aromatic N) is 5. The van der Waals surface area contributed by atoms with E-state index in [9.17, 15) is 4.79 Å². The molecule has 2 aromatic carbocycles. The summed E-state index contributed by atoms with van der Waals surface area (Å²) in [7, 11) is 0. The molecule has 0 saturated heterocycles. The minimum Gasteiger partial charge on any atom is -0.406 e. The number of nitrogens with one attached hydrogen (secondary N) is 3. The van der Waals surface area contributed by atoms with Crippen molar-refractivity contribution in [1.29, 1.82) is 0 Å². The van der Waals surface area contributed by atoms with Crippen molar-refractivity contribution in [3.8, 4) is 5.75 Å². The Morgan fingerprint density at radius 1 is 1.00 bits per heavy atom. The number of H-pyrrole nitrogens is 1. The zero-order valence-corrected chi connectivity index (χ0v) is 25.2. The van der Waals surface area contributed by atoms with Crippen LogP contribution < -0.4 is 15.4 Å². The Morgan fingerprint density at radius 2 is 1.84 bits per heavy atom. The second kappa shape index (κ2) is 13.7. The summed E-state index contributed by atoms with van der Waals surface area (Å²) in [5, 5.41) is 6.45. The lowest BCUT2D eigenvalue weighted by atomic mass is 9.90. The number of para-hydroxylation sites is 2. The lowest BCUT2D eigenvalue weighted by Crippen LogP contribution is -2.37. The molecule has 0 radical (unpaired) electrons. The quantitative estimate of drug-likeness (QED) is 0.177. The number of aryl methyl sites for hydroxylation is 3. The van der Waals surface area contributed by atoms with E-state index in [0.717, 1.165) is 61.3 Å².